The van der Waals surface area contributed by atoms with Gasteiger partial charge in [0, 0.05) is 12.6 Å². The average Bonchev–Trinajstić information content (AvgIpc) is 1.90. The van der Waals surface area contributed by atoms with Crippen LogP contribution in [0.3, 0.4) is 0 Å². The highest BCUT2D eigenvalue weighted by Gasteiger charge is 1.72. The summed E-state index contributed by atoms with van der Waals surface area (Å²) >= 11 is 0. The van der Waals surface area contributed by atoms with Crippen LogP contribution in [-0.2, 0) is 0 Å². The second-order valence-corrected chi connectivity index (χ2v) is 1.26. The molecular formula is C6H6N. The van der Waals surface area contributed by atoms with E-state index in [1.165, 1.54) is 0 Å². The van der Waals surface area contributed by atoms with E-state index in [-0.39, 0.29) is 0 Å². The number of rotatable bonds is 0. The summed E-state index contributed by atoms with van der Waals surface area (Å²) in [6.07, 6.45) is 11.2. The molecule has 0 fully saturated rings. The van der Waals surface area contributed by atoms with Crippen molar-refractivity contribution in [2.45, 2.75) is 6.42 Å². The van der Waals surface area contributed by atoms with E-state index in [9.17, 15) is 0 Å². The van der Waals surface area contributed by atoms with Crippen LogP contribution in [0.15, 0.2) is 29.4 Å². The Balaban J connectivity index is 2.60. The highest BCUT2D eigenvalue weighted by atomic mass is 14.7. The molecule has 0 N–H and O–H groups in total. The van der Waals surface area contributed by atoms with Gasteiger partial charge in [0.25, 0.3) is 0 Å². The van der Waals surface area contributed by atoms with Crippen LogP contribution in [0.25, 0.3) is 0 Å². The smallest absolute Gasteiger partial charge is 0.0658 e. The van der Waals surface area contributed by atoms with Crippen LogP contribution in [0.4, 0.5) is 0 Å². The van der Waals surface area contributed by atoms with Crippen molar-refractivity contribution in [3.05, 3.63) is 24.4 Å². The number of hydrogen-bond acceptors (Lipinski definition) is 1. The van der Waals surface area contributed by atoms with E-state index in [1.54, 1.807) is 6.20 Å². The first-order valence-electron chi connectivity index (χ1n) is 2.24. The molecular weight excluding hydrogens is 86.1 g/mol. The Morgan fingerprint density at radius 2 is 2.43 bits per heavy atom. The van der Waals surface area contributed by atoms with Crippen molar-refractivity contribution in [3.63, 3.8) is 0 Å². The van der Waals surface area contributed by atoms with Gasteiger partial charge in [-0.15, -0.1) is 0 Å². The van der Waals surface area contributed by atoms with E-state index in [0.29, 0.717) is 0 Å². The molecule has 0 aromatic rings. The summed E-state index contributed by atoms with van der Waals surface area (Å²) in [7, 11) is 0. The second kappa shape index (κ2) is 2.35. The van der Waals surface area contributed by atoms with Crippen LogP contribution in [0.2, 0.25) is 0 Å². The van der Waals surface area contributed by atoms with Gasteiger partial charge in [0.05, 0.1) is 6.21 Å². The fraction of sp³-hybridized carbons (Fsp3) is 0.167. The van der Waals surface area contributed by atoms with Crippen molar-refractivity contribution in [3.8, 4) is 0 Å². The van der Waals surface area contributed by atoms with Crippen LogP contribution in [-0.4, -0.2) is 6.21 Å². The monoisotopic (exact) mass is 92.1 g/mol. The van der Waals surface area contributed by atoms with Crippen molar-refractivity contribution in [1.29, 1.82) is 0 Å². The van der Waals surface area contributed by atoms with Gasteiger partial charge in [-0.3, -0.25) is 4.99 Å². The number of nitrogens with zero attached hydrogens (tertiary/aromatic N) is 1. The number of allylic oxidation sites excluding steroid dienone is 3. The van der Waals surface area contributed by atoms with Crippen LogP contribution in [0, 0.1) is 0 Å². The van der Waals surface area contributed by atoms with E-state index >= 15 is 0 Å². The fourth-order valence-corrected chi connectivity index (χ4v) is 0.397. The maximum atomic E-state index is 3.78. The Kier molecular flexibility index (Phi) is 1.44. The minimum atomic E-state index is 0.840. The van der Waals surface area contributed by atoms with Crippen molar-refractivity contribution in [2.75, 3.05) is 0 Å². The van der Waals surface area contributed by atoms with Crippen LogP contribution < -0.4 is 0 Å². The van der Waals surface area contributed by atoms with E-state index < -0.39 is 0 Å². The molecule has 0 aliphatic carbocycles. The van der Waals surface area contributed by atoms with Crippen molar-refractivity contribution in [2.24, 2.45) is 4.99 Å². The zero-order chi connectivity index (χ0) is 4.95. The molecule has 0 amide bonds. The molecule has 1 rings (SSSR count). The van der Waals surface area contributed by atoms with Crippen molar-refractivity contribution in [1.82, 2.24) is 0 Å². The van der Waals surface area contributed by atoms with Gasteiger partial charge in [-0.1, -0.05) is 12.2 Å². The number of aliphatic imine (C=N–C) groups is 1. The SMILES string of the molecule is [C]1=NC=CC=CC1. The van der Waals surface area contributed by atoms with Gasteiger partial charge in [0.15, 0.2) is 0 Å². The molecule has 1 aliphatic heterocycles. The summed E-state index contributed by atoms with van der Waals surface area (Å²) in [5, 5.41) is 0. The molecule has 1 nitrogen and oxygen atoms in total. The molecule has 1 aliphatic rings. The Morgan fingerprint density at radius 1 is 1.43 bits per heavy atom. The van der Waals surface area contributed by atoms with Gasteiger partial charge in [-0.2, -0.15) is 0 Å². The summed E-state index contributed by atoms with van der Waals surface area (Å²) in [5.41, 5.74) is 0. The molecule has 0 aromatic carbocycles. The predicted molar refractivity (Wildman–Crippen MR) is 30.3 cm³/mol. The topological polar surface area (TPSA) is 12.4 Å². The lowest BCUT2D eigenvalue weighted by Crippen LogP contribution is -1.61. The van der Waals surface area contributed by atoms with Crippen LogP contribution in [0.1, 0.15) is 6.42 Å². The second-order valence-electron chi connectivity index (χ2n) is 1.26. The summed E-state index contributed by atoms with van der Waals surface area (Å²) in [5.74, 6) is 0. The first-order chi connectivity index (χ1) is 3.50. The minimum Gasteiger partial charge on any atom is -0.259 e. The van der Waals surface area contributed by atoms with E-state index in [2.05, 4.69) is 11.2 Å². The third kappa shape index (κ3) is 1.35. The maximum absolute atomic E-state index is 3.78. The van der Waals surface area contributed by atoms with E-state index in [0.717, 1.165) is 6.42 Å². The highest BCUT2D eigenvalue weighted by Crippen LogP contribution is 1.86. The van der Waals surface area contributed by atoms with E-state index in [4.69, 9.17) is 0 Å². The lowest BCUT2D eigenvalue weighted by molar-refractivity contribution is 1.50. The molecule has 0 bridgehead atoms. The standard InChI is InChI=1S/C6H6N/c1-2-4-6-7-5-3-1/h1-3,5H,4H2. The average molecular weight is 92.1 g/mol. The van der Waals surface area contributed by atoms with Gasteiger partial charge >= 0.3 is 0 Å². The molecule has 0 saturated heterocycles. The maximum Gasteiger partial charge on any atom is 0.0658 e. The quantitative estimate of drug-likeness (QED) is 0.428. The van der Waals surface area contributed by atoms with Crippen LogP contribution in [0.5, 0.6) is 0 Å². The van der Waals surface area contributed by atoms with E-state index in [1.807, 2.05) is 18.2 Å². The predicted octanol–water partition coefficient (Wildman–Crippen LogP) is 1.41. The van der Waals surface area contributed by atoms with Gasteiger partial charge in [0.2, 0.25) is 0 Å². The van der Waals surface area contributed by atoms with Crippen molar-refractivity contribution < 1.29 is 0 Å². The first kappa shape index (κ1) is 4.31. The summed E-state index contributed by atoms with van der Waals surface area (Å²) in [6.45, 7) is 0. The largest absolute Gasteiger partial charge is 0.259 e. The molecule has 0 unspecified atom stereocenters. The molecule has 1 heteroatoms. The zero-order valence-corrected chi connectivity index (χ0v) is 3.96. The molecule has 35 valence electrons. The Bertz CT molecular complexity index is 106. The Labute approximate surface area is 43.1 Å². The van der Waals surface area contributed by atoms with Gasteiger partial charge in [-0.25, -0.2) is 0 Å². The fourth-order valence-electron chi connectivity index (χ4n) is 0.397. The Morgan fingerprint density at radius 3 is 3.43 bits per heavy atom. The third-order valence-electron chi connectivity index (χ3n) is 0.708. The molecule has 0 spiro atoms. The molecule has 1 radical (unpaired) electrons. The lowest BCUT2D eigenvalue weighted by atomic mass is 10.4. The molecule has 0 aromatic heterocycles. The normalized spacial score (nSPS) is 17.1. The molecule has 1 heterocycles. The summed E-state index contributed by atoms with van der Waals surface area (Å²) in [4.78, 5) is 3.78. The summed E-state index contributed by atoms with van der Waals surface area (Å²) in [6, 6.07) is 0. The summed E-state index contributed by atoms with van der Waals surface area (Å²) < 4.78 is 0. The van der Waals surface area contributed by atoms with Gasteiger partial charge < -0.3 is 0 Å². The van der Waals surface area contributed by atoms with Crippen LogP contribution >= 0.6 is 0 Å². The first-order valence-corrected chi connectivity index (χ1v) is 2.24. The molecule has 0 saturated carbocycles. The van der Waals surface area contributed by atoms with Gasteiger partial charge in [0.1, 0.15) is 0 Å². The Hall–Kier alpha value is -0.850. The molecule has 7 heavy (non-hydrogen) atoms. The highest BCUT2D eigenvalue weighted by molar-refractivity contribution is 5.61. The number of hydrogen-bond donors (Lipinski definition) is 0. The zero-order valence-electron chi connectivity index (χ0n) is 3.96. The van der Waals surface area contributed by atoms with Crippen molar-refractivity contribution >= 4 is 6.21 Å². The lowest BCUT2D eigenvalue weighted by Gasteiger charge is -1.67. The third-order valence-corrected chi connectivity index (χ3v) is 0.708. The minimum absolute atomic E-state index is 0.840. The van der Waals surface area contributed by atoms with Gasteiger partial charge in [-0.05, 0) is 6.08 Å². The molecule has 0 atom stereocenters.